The Morgan fingerprint density at radius 1 is 1.29 bits per heavy atom. The molecule has 0 amide bonds. The van der Waals surface area contributed by atoms with Gasteiger partial charge in [0.15, 0.2) is 0 Å². The molecule has 0 nitrogen and oxygen atoms in total. The molecule has 0 saturated heterocycles. The fourth-order valence-corrected chi connectivity index (χ4v) is 3.04. The maximum absolute atomic E-state index is 13.1. The Hall–Kier alpha value is -0.150. The van der Waals surface area contributed by atoms with Gasteiger partial charge in [-0.25, -0.2) is 8.78 Å². The number of hydrogen-bond acceptors (Lipinski definition) is 0. The Morgan fingerprint density at radius 2 is 1.94 bits per heavy atom. The summed E-state index contributed by atoms with van der Waals surface area (Å²) in [7, 11) is 0. The molecule has 2 rings (SSSR count). The van der Waals surface area contributed by atoms with Crippen molar-refractivity contribution in [1.29, 1.82) is 0 Å². The molecule has 1 aliphatic carbocycles. The summed E-state index contributed by atoms with van der Waals surface area (Å²) in [6.07, 6.45) is 1.02. The maximum atomic E-state index is 13.1. The monoisotopic (exact) mass is 322 g/mol. The summed E-state index contributed by atoms with van der Waals surface area (Å²) in [6.45, 7) is 0. The third-order valence-corrected chi connectivity index (χ3v) is 4.35. The van der Waals surface area contributed by atoms with Crippen molar-refractivity contribution in [3.8, 4) is 0 Å². The molecule has 1 fully saturated rings. The van der Waals surface area contributed by atoms with Gasteiger partial charge >= 0.3 is 0 Å². The third kappa shape index (κ3) is 3.19. The van der Waals surface area contributed by atoms with E-state index in [0.717, 1.165) is 16.5 Å². The Morgan fingerprint density at radius 3 is 2.47 bits per heavy atom. The summed E-state index contributed by atoms with van der Waals surface area (Å²) < 4.78 is 26.1. The van der Waals surface area contributed by atoms with Crippen LogP contribution in [0.15, 0.2) is 18.2 Å². The van der Waals surface area contributed by atoms with Gasteiger partial charge in [-0.05, 0) is 36.0 Å². The van der Waals surface area contributed by atoms with Gasteiger partial charge in [0.2, 0.25) is 5.92 Å². The highest BCUT2D eigenvalue weighted by Crippen LogP contribution is 2.42. The van der Waals surface area contributed by atoms with Gasteiger partial charge in [-0.3, -0.25) is 0 Å². The first kappa shape index (κ1) is 13.3. The molecule has 0 heterocycles. The molecule has 1 aromatic carbocycles. The number of halogens is 4. The zero-order valence-corrected chi connectivity index (χ0v) is 11.7. The number of alkyl halides is 3. The molecule has 1 aliphatic rings. The molecule has 0 unspecified atom stereocenters. The lowest BCUT2D eigenvalue weighted by Crippen LogP contribution is -2.23. The molecular formula is C13H14BrClF2. The summed E-state index contributed by atoms with van der Waals surface area (Å²) in [5, 5.41) is 1.47. The Labute approximate surface area is 113 Å². The first-order valence-electron chi connectivity index (χ1n) is 5.74. The Kier molecular flexibility index (Phi) is 4.09. The van der Waals surface area contributed by atoms with Crippen LogP contribution in [0.3, 0.4) is 0 Å². The molecule has 0 radical (unpaired) electrons. The van der Waals surface area contributed by atoms with Crippen LogP contribution < -0.4 is 0 Å². The number of hydrogen-bond donors (Lipinski definition) is 0. The summed E-state index contributed by atoms with van der Waals surface area (Å²) in [5.41, 5.74) is 2.13. The van der Waals surface area contributed by atoms with E-state index in [1.807, 2.05) is 18.2 Å². The van der Waals surface area contributed by atoms with Crippen molar-refractivity contribution in [3.05, 3.63) is 34.3 Å². The lowest BCUT2D eigenvalue weighted by Gasteiger charge is -2.29. The summed E-state index contributed by atoms with van der Waals surface area (Å²) in [5.74, 6) is -2.29. The van der Waals surface area contributed by atoms with E-state index in [1.165, 1.54) is 0 Å². The SMILES string of the molecule is FC1(F)CCC(c2ccc(CBr)cc2Cl)CC1. The molecule has 4 heteroatoms. The second-order valence-electron chi connectivity index (χ2n) is 4.62. The highest BCUT2D eigenvalue weighted by molar-refractivity contribution is 9.08. The first-order chi connectivity index (χ1) is 8.02. The summed E-state index contributed by atoms with van der Waals surface area (Å²) in [6, 6.07) is 5.90. The molecule has 0 atom stereocenters. The zero-order chi connectivity index (χ0) is 12.5. The van der Waals surface area contributed by atoms with Crippen LogP contribution in [-0.2, 0) is 5.33 Å². The van der Waals surface area contributed by atoms with Crippen LogP contribution in [0.4, 0.5) is 8.78 Å². The maximum Gasteiger partial charge on any atom is 0.248 e. The van der Waals surface area contributed by atoms with Crippen molar-refractivity contribution in [2.75, 3.05) is 0 Å². The van der Waals surface area contributed by atoms with Crippen molar-refractivity contribution in [3.63, 3.8) is 0 Å². The predicted molar refractivity (Wildman–Crippen MR) is 70.2 cm³/mol. The van der Waals surface area contributed by atoms with Crippen molar-refractivity contribution in [1.82, 2.24) is 0 Å². The van der Waals surface area contributed by atoms with E-state index in [0.29, 0.717) is 17.9 Å². The molecule has 0 aromatic heterocycles. The van der Waals surface area contributed by atoms with E-state index in [4.69, 9.17) is 11.6 Å². The lowest BCUT2D eigenvalue weighted by atomic mass is 9.82. The van der Waals surface area contributed by atoms with Crippen LogP contribution >= 0.6 is 27.5 Å². The fourth-order valence-electron chi connectivity index (χ4n) is 2.34. The van der Waals surface area contributed by atoms with E-state index in [1.54, 1.807) is 0 Å². The average Bonchev–Trinajstić information content (AvgIpc) is 2.29. The van der Waals surface area contributed by atoms with Crippen LogP contribution in [0.1, 0.15) is 42.7 Å². The first-order valence-corrected chi connectivity index (χ1v) is 7.24. The van der Waals surface area contributed by atoms with Crippen LogP contribution in [0.25, 0.3) is 0 Å². The van der Waals surface area contributed by atoms with Crippen molar-refractivity contribution < 1.29 is 8.78 Å². The molecule has 1 aromatic rings. The van der Waals surface area contributed by atoms with E-state index < -0.39 is 5.92 Å². The second-order valence-corrected chi connectivity index (χ2v) is 5.59. The normalized spacial score (nSPS) is 20.5. The van der Waals surface area contributed by atoms with Crippen molar-refractivity contribution in [2.24, 2.45) is 0 Å². The van der Waals surface area contributed by atoms with E-state index in [9.17, 15) is 8.78 Å². The van der Waals surface area contributed by atoms with Gasteiger partial charge in [0.1, 0.15) is 0 Å². The topological polar surface area (TPSA) is 0 Å². The molecular weight excluding hydrogens is 309 g/mol. The van der Waals surface area contributed by atoms with Gasteiger partial charge in [-0.1, -0.05) is 39.7 Å². The smallest absolute Gasteiger partial charge is 0.207 e. The molecule has 0 N–H and O–H groups in total. The zero-order valence-electron chi connectivity index (χ0n) is 9.36. The third-order valence-electron chi connectivity index (χ3n) is 3.38. The minimum Gasteiger partial charge on any atom is -0.207 e. The second kappa shape index (κ2) is 5.23. The Bertz CT molecular complexity index is 396. The highest BCUT2D eigenvalue weighted by Gasteiger charge is 2.35. The lowest BCUT2D eigenvalue weighted by molar-refractivity contribution is -0.0382. The predicted octanol–water partition coefficient (Wildman–Crippen LogP) is 5.53. The standard InChI is InChI=1S/C13H14BrClF2/c14-8-9-1-2-11(12(15)7-9)10-3-5-13(16,17)6-4-10/h1-2,7,10H,3-6,8H2. The highest BCUT2D eigenvalue weighted by atomic mass is 79.9. The van der Waals surface area contributed by atoms with Gasteiger partial charge < -0.3 is 0 Å². The molecule has 1 saturated carbocycles. The molecule has 17 heavy (non-hydrogen) atoms. The van der Waals surface area contributed by atoms with Crippen LogP contribution in [0.5, 0.6) is 0 Å². The number of rotatable bonds is 2. The van der Waals surface area contributed by atoms with E-state index >= 15 is 0 Å². The van der Waals surface area contributed by atoms with Gasteiger partial charge in [-0.2, -0.15) is 0 Å². The molecule has 94 valence electrons. The Balaban J connectivity index is 2.13. The van der Waals surface area contributed by atoms with E-state index in [-0.39, 0.29) is 18.8 Å². The largest absolute Gasteiger partial charge is 0.248 e. The molecule has 0 bridgehead atoms. The molecule has 0 aliphatic heterocycles. The van der Waals surface area contributed by atoms with Crippen molar-refractivity contribution >= 4 is 27.5 Å². The van der Waals surface area contributed by atoms with E-state index in [2.05, 4.69) is 15.9 Å². The van der Waals surface area contributed by atoms with Crippen LogP contribution in [-0.4, -0.2) is 5.92 Å². The van der Waals surface area contributed by atoms with Gasteiger partial charge in [-0.15, -0.1) is 0 Å². The van der Waals surface area contributed by atoms with Crippen LogP contribution in [0.2, 0.25) is 5.02 Å². The number of benzene rings is 1. The van der Waals surface area contributed by atoms with Gasteiger partial charge in [0.25, 0.3) is 0 Å². The quantitative estimate of drug-likeness (QED) is 0.628. The van der Waals surface area contributed by atoms with Gasteiger partial charge in [0.05, 0.1) is 0 Å². The van der Waals surface area contributed by atoms with Crippen LogP contribution in [0, 0.1) is 0 Å². The summed E-state index contributed by atoms with van der Waals surface area (Å²) >= 11 is 9.57. The minimum atomic E-state index is -2.47. The summed E-state index contributed by atoms with van der Waals surface area (Å²) in [4.78, 5) is 0. The van der Waals surface area contributed by atoms with Crippen molar-refractivity contribution in [2.45, 2.75) is 42.9 Å². The molecule has 0 spiro atoms. The minimum absolute atomic E-state index is 0.0197. The van der Waals surface area contributed by atoms with Gasteiger partial charge in [0, 0.05) is 23.2 Å². The average molecular weight is 324 g/mol. The fraction of sp³-hybridized carbons (Fsp3) is 0.538.